The first-order chi connectivity index (χ1) is 19.3. The van der Waals surface area contributed by atoms with E-state index >= 15 is 0 Å². The van der Waals surface area contributed by atoms with Gasteiger partial charge >= 0.3 is 5.97 Å². The van der Waals surface area contributed by atoms with Crippen molar-refractivity contribution in [2.45, 2.75) is 37.9 Å². The van der Waals surface area contributed by atoms with Gasteiger partial charge in [-0.05, 0) is 29.0 Å². The van der Waals surface area contributed by atoms with Crippen LogP contribution in [-0.2, 0) is 19.9 Å². The summed E-state index contributed by atoms with van der Waals surface area (Å²) in [5.74, 6) is -1.25. The second-order valence-electron chi connectivity index (χ2n) is 11.7. The summed E-state index contributed by atoms with van der Waals surface area (Å²) >= 11 is 0. The molecule has 1 spiro atoms. The summed E-state index contributed by atoms with van der Waals surface area (Å²) in [4.78, 5) is 44.7. The van der Waals surface area contributed by atoms with E-state index in [9.17, 15) is 19.5 Å². The first-order valence-electron chi connectivity index (χ1n) is 14.1. The molecule has 0 bridgehead atoms. The predicted octanol–water partition coefficient (Wildman–Crippen LogP) is 3.83. The van der Waals surface area contributed by atoms with Gasteiger partial charge in [0.15, 0.2) is 0 Å². The van der Waals surface area contributed by atoms with Crippen LogP contribution in [0.4, 0.5) is 0 Å². The molecule has 0 aromatic heterocycles. The fourth-order valence-corrected chi connectivity index (χ4v) is 6.99. The smallest absolute Gasteiger partial charge is 0.326 e. The number of hydrogen-bond donors (Lipinski definition) is 1. The molecule has 1 unspecified atom stereocenters. The van der Waals surface area contributed by atoms with Crippen LogP contribution < -0.4 is 0 Å². The molecule has 0 saturated carbocycles. The van der Waals surface area contributed by atoms with E-state index < -0.39 is 23.0 Å². The Labute approximate surface area is 235 Å². The van der Waals surface area contributed by atoms with Crippen molar-refractivity contribution in [2.75, 3.05) is 26.2 Å². The lowest BCUT2D eigenvalue weighted by molar-refractivity contribution is -0.160. The predicted molar refractivity (Wildman–Crippen MR) is 151 cm³/mol. The van der Waals surface area contributed by atoms with Gasteiger partial charge in [0, 0.05) is 26.2 Å². The maximum absolute atomic E-state index is 13.9. The highest BCUT2D eigenvalue weighted by Crippen LogP contribution is 2.50. The Balaban J connectivity index is 1.27. The highest BCUT2D eigenvalue weighted by Gasteiger charge is 2.62. The Morgan fingerprint density at radius 1 is 0.850 bits per heavy atom. The fourth-order valence-electron chi connectivity index (χ4n) is 6.99. The number of carbonyl (C=O) groups is 3. The zero-order valence-electron chi connectivity index (χ0n) is 22.9. The van der Waals surface area contributed by atoms with Gasteiger partial charge in [0.1, 0.15) is 12.1 Å². The highest BCUT2D eigenvalue weighted by molar-refractivity contribution is 5.94. The van der Waals surface area contributed by atoms with Gasteiger partial charge in [0.05, 0.1) is 11.0 Å². The Morgan fingerprint density at radius 2 is 1.32 bits per heavy atom. The van der Waals surface area contributed by atoms with Crippen LogP contribution in [-0.4, -0.2) is 75.9 Å². The first-order valence-corrected chi connectivity index (χ1v) is 14.1. The molecule has 40 heavy (non-hydrogen) atoms. The van der Waals surface area contributed by atoms with Crippen molar-refractivity contribution in [3.05, 3.63) is 108 Å². The van der Waals surface area contributed by atoms with E-state index in [2.05, 4.69) is 41.3 Å². The zero-order valence-corrected chi connectivity index (χ0v) is 22.9. The monoisotopic (exact) mass is 537 g/mol. The number of carboxylic acids is 1. The van der Waals surface area contributed by atoms with E-state index in [4.69, 9.17) is 0 Å². The molecule has 0 aliphatic carbocycles. The molecule has 3 saturated heterocycles. The third-order valence-electron chi connectivity index (χ3n) is 8.97. The third-order valence-corrected chi connectivity index (χ3v) is 8.97. The Morgan fingerprint density at radius 3 is 1.75 bits per heavy atom. The topological polar surface area (TPSA) is 80.9 Å². The molecule has 7 nitrogen and oxygen atoms in total. The molecule has 0 radical (unpaired) electrons. The van der Waals surface area contributed by atoms with Crippen LogP contribution >= 0.6 is 0 Å². The standard InChI is InChI=1S/C33H35N3O4/c1-23(2)28(30(38)39)35-19-18-32(31(35)40)21-34(22-32)29(37)27-20-36(27)33(24-12-6-3-7-13-24,25-14-8-4-9-15-25)26-16-10-5-11-17-26/h3-17,23,27-28H,18-22H2,1-2H3,(H,38,39)/t27-,28-,36?/m0/s1. The van der Waals surface area contributed by atoms with Gasteiger partial charge in [-0.2, -0.15) is 0 Å². The maximum atomic E-state index is 13.9. The molecule has 3 aromatic carbocycles. The molecule has 3 fully saturated rings. The van der Waals surface area contributed by atoms with E-state index in [1.165, 1.54) is 4.90 Å². The van der Waals surface area contributed by atoms with E-state index in [-0.39, 0.29) is 23.8 Å². The minimum atomic E-state index is -0.972. The summed E-state index contributed by atoms with van der Waals surface area (Å²) in [5.41, 5.74) is 1.99. The summed E-state index contributed by atoms with van der Waals surface area (Å²) in [5, 5.41) is 9.73. The molecule has 206 valence electrons. The van der Waals surface area contributed by atoms with Gasteiger partial charge in [-0.1, -0.05) is 105 Å². The summed E-state index contributed by atoms with van der Waals surface area (Å²) in [6.45, 7) is 5.39. The number of hydrogen-bond acceptors (Lipinski definition) is 4. The van der Waals surface area contributed by atoms with Gasteiger partial charge in [0.2, 0.25) is 11.8 Å². The van der Waals surface area contributed by atoms with Crippen LogP contribution in [0.1, 0.15) is 37.0 Å². The van der Waals surface area contributed by atoms with Gasteiger partial charge in [-0.25, -0.2) is 4.79 Å². The van der Waals surface area contributed by atoms with Crippen LogP contribution in [0.5, 0.6) is 0 Å². The van der Waals surface area contributed by atoms with Gasteiger partial charge in [-0.15, -0.1) is 0 Å². The molecule has 1 N–H and O–H groups in total. The molecular formula is C33H35N3O4. The number of carbonyl (C=O) groups excluding carboxylic acids is 2. The van der Waals surface area contributed by atoms with Crippen LogP contribution in [0.2, 0.25) is 0 Å². The quantitative estimate of drug-likeness (QED) is 0.349. The number of carboxylic acid groups (broad SMARTS) is 1. The largest absolute Gasteiger partial charge is 0.480 e. The lowest BCUT2D eigenvalue weighted by Crippen LogP contribution is -2.63. The van der Waals surface area contributed by atoms with E-state index in [0.29, 0.717) is 32.6 Å². The Bertz CT molecular complexity index is 1310. The van der Waals surface area contributed by atoms with Gasteiger partial charge < -0.3 is 14.9 Å². The number of rotatable bonds is 8. The number of amides is 2. The van der Waals surface area contributed by atoms with E-state index in [1.807, 2.05) is 68.4 Å². The zero-order chi connectivity index (χ0) is 28.1. The molecule has 3 aliphatic rings. The molecule has 3 aromatic rings. The van der Waals surface area contributed by atoms with Crippen molar-refractivity contribution < 1.29 is 19.5 Å². The number of aliphatic carboxylic acids is 1. The summed E-state index contributed by atoms with van der Waals surface area (Å²) in [7, 11) is 0. The average Bonchev–Trinajstić information content (AvgIpc) is 3.67. The van der Waals surface area contributed by atoms with Crippen LogP contribution in [0.3, 0.4) is 0 Å². The van der Waals surface area contributed by atoms with Gasteiger partial charge in [-0.3, -0.25) is 14.5 Å². The molecule has 3 atom stereocenters. The SMILES string of the molecule is CC(C)[C@@H](C(=O)O)N1CCC2(CN(C(=O)[C@@H]3CN3C(c3ccccc3)(c3ccccc3)c3ccccc3)C2)C1=O. The van der Waals surface area contributed by atoms with Crippen molar-refractivity contribution in [3.8, 4) is 0 Å². The molecular weight excluding hydrogens is 502 g/mol. The van der Waals surface area contributed by atoms with Crippen LogP contribution in [0.25, 0.3) is 0 Å². The van der Waals surface area contributed by atoms with Crippen LogP contribution in [0, 0.1) is 11.3 Å². The molecule has 3 heterocycles. The second kappa shape index (κ2) is 9.89. The molecule has 6 rings (SSSR count). The van der Waals surface area contributed by atoms with Crippen LogP contribution in [0.15, 0.2) is 91.0 Å². The third kappa shape index (κ3) is 4.03. The molecule has 2 amide bonds. The number of benzene rings is 3. The first kappa shape index (κ1) is 26.3. The van der Waals surface area contributed by atoms with Crippen molar-refractivity contribution in [1.82, 2.24) is 14.7 Å². The minimum Gasteiger partial charge on any atom is -0.480 e. The van der Waals surface area contributed by atoms with Crippen molar-refractivity contribution in [1.29, 1.82) is 0 Å². The Hall–Kier alpha value is -3.97. The highest BCUT2D eigenvalue weighted by atomic mass is 16.4. The summed E-state index contributed by atoms with van der Waals surface area (Å²) < 4.78 is 0. The maximum Gasteiger partial charge on any atom is 0.326 e. The Kier molecular flexibility index (Phi) is 6.50. The van der Waals surface area contributed by atoms with E-state index in [1.54, 1.807) is 4.90 Å². The average molecular weight is 538 g/mol. The number of nitrogens with zero attached hydrogens (tertiary/aromatic N) is 3. The summed E-state index contributed by atoms with van der Waals surface area (Å²) in [6.07, 6.45) is 0.586. The van der Waals surface area contributed by atoms with Crippen molar-refractivity contribution >= 4 is 17.8 Å². The number of likely N-dealkylation sites (tertiary alicyclic amines) is 2. The van der Waals surface area contributed by atoms with Gasteiger partial charge in [0.25, 0.3) is 0 Å². The second-order valence-corrected chi connectivity index (χ2v) is 11.7. The summed E-state index contributed by atoms with van der Waals surface area (Å²) in [6, 6.07) is 29.8. The van der Waals surface area contributed by atoms with Crippen molar-refractivity contribution in [3.63, 3.8) is 0 Å². The molecule has 3 aliphatic heterocycles. The normalized spacial score (nSPS) is 22.3. The fraction of sp³-hybridized carbons (Fsp3) is 0.364. The molecule has 7 heteroatoms. The van der Waals surface area contributed by atoms with Crippen molar-refractivity contribution in [2.24, 2.45) is 11.3 Å². The lowest BCUT2D eigenvalue weighted by Gasteiger charge is -2.47. The lowest BCUT2D eigenvalue weighted by atomic mass is 9.76. The van der Waals surface area contributed by atoms with E-state index in [0.717, 1.165) is 16.7 Å². The minimum absolute atomic E-state index is 0.0303.